The van der Waals surface area contributed by atoms with Crippen LogP contribution in [0.25, 0.3) is 0 Å². The lowest BCUT2D eigenvalue weighted by molar-refractivity contribution is -0.139. The molecule has 2 aromatic rings. The van der Waals surface area contributed by atoms with E-state index in [2.05, 4.69) is 4.98 Å². The lowest BCUT2D eigenvalue weighted by Crippen LogP contribution is -2.52. The highest BCUT2D eigenvalue weighted by atomic mass is 16.3. The highest BCUT2D eigenvalue weighted by Gasteiger charge is 2.33. The van der Waals surface area contributed by atoms with Gasteiger partial charge in [-0.1, -0.05) is 30.3 Å². The van der Waals surface area contributed by atoms with Crippen LogP contribution in [0.15, 0.2) is 49.1 Å². The van der Waals surface area contributed by atoms with Crippen LogP contribution < -0.4 is 0 Å². The summed E-state index contributed by atoms with van der Waals surface area (Å²) in [6, 6.07) is 9.89. The van der Waals surface area contributed by atoms with E-state index in [1.54, 1.807) is 23.3 Å². The molecule has 0 unspecified atom stereocenters. The Bertz CT molecular complexity index is 598. The van der Waals surface area contributed by atoms with E-state index in [0.717, 1.165) is 18.4 Å². The summed E-state index contributed by atoms with van der Waals surface area (Å²) in [5, 5.41) is 10.4. The van der Waals surface area contributed by atoms with Crippen molar-refractivity contribution in [2.24, 2.45) is 0 Å². The molecule has 0 bridgehead atoms. The molecule has 0 spiro atoms. The summed E-state index contributed by atoms with van der Waals surface area (Å²) in [7, 11) is 0. The van der Waals surface area contributed by atoms with Gasteiger partial charge in [-0.05, 0) is 24.8 Å². The zero-order valence-corrected chi connectivity index (χ0v) is 12.5. The minimum atomic E-state index is -0.458. The number of benzene rings is 1. The highest BCUT2D eigenvalue weighted by molar-refractivity contribution is 5.76. The van der Waals surface area contributed by atoms with Gasteiger partial charge in [-0.15, -0.1) is 0 Å². The van der Waals surface area contributed by atoms with Crippen LogP contribution in [0.1, 0.15) is 18.4 Å². The number of carbonyl (C=O) groups excluding carboxylic acids is 1. The van der Waals surface area contributed by atoms with Crippen molar-refractivity contribution in [3.05, 3.63) is 54.6 Å². The number of aliphatic hydroxyl groups excluding tert-OH is 1. The molecule has 5 nitrogen and oxygen atoms in total. The molecule has 1 fully saturated rings. The van der Waals surface area contributed by atoms with E-state index in [9.17, 15) is 9.90 Å². The van der Waals surface area contributed by atoms with E-state index in [1.807, 2.05) is 35.2 Å². The maximum absolute atomic E-state index is 12.6. The second-order valence-corrected chi connectivity index (χ2v) is 5.79. The second kappa shape index (κ2) is 6.75. The van der Waals surface area contributed by atoms with Gasteiger partial charge in [0, 0.05) is 18.9 Å². The molecule has 2 heterocycles. The van der Waals surface area contributed by atoms with Crippen LogP contribution in [0, 0.1) is 0 Å². The molecule has 1 aromatic carbocycles. The second-order valence-electron chi connectivity index (χ2n) is 5.79. The third kappa shape index (κ3) is 3.36. The van der Waals surface area contributed by atoms with E-state index in [-0.39, 0.29) is 18.5 Å². The van der Waals surface area contributed by atoms with Crippen molar-refractivity contribution in [1.29, 1.82) is 0 Å². The highest BCUT2D eigenvalue weighted by Crippen LogP contribution is 2.22. The lowest BCUT2D eigenvalue weighted by atomic mass is 9.93. The van der Waals surface area contributed by atoms with Gasteiger partial charge in [0.1, 0.15) is 6.54 Å². The largest absolute Gasteiger partial charge is 0.391 e. The minimum absolute atomic E-state index is 0.0395. The molecular formula is C17H21N3O2. The third-order valence-corrected chi connectivity index (χ3v) is 4.23. The van der Waals surface area contributed by atoms with Gasteiger partial charge in [-0.3, -0.25) is 4.79 Å². The average Bonchev–Trinajstić information content (AvgIpc) is 3.03. The quantitative estimate of drug-likeness (QED) is 0.930. The van der Waals surface area contributed by atoms with Crippen LogP contribution in [-0.4, -0.2) is 44.2 Å². The van der Waals surface area contributed by atoms with Crippen LogP contribution in [-0.2, 0) is 17.8 Å². The smallest absolute Gasteiger partial charge is 0.242 e. The summed E-state index contributed by atoms with van der Waals surface area (Å²) in [5.74, 6) is 0.0395. The number of hydrogen-bond donors (Lipinski definition) is 1. The van der Waals surface area contributed by atoms with Crippen molar-refractivity contribution >= 4 is 5.91 Å². The van der Waals surface area contributed by atoms with Crippen molar-refractivity contribution < 1.29 is 9.90 Å². The first-order valence-electron chi connectivity index (χ1n) is 7.71. The molecule has 1 aromatic heterocycles. The molecule has 0 saturated carbocycles. The normalized spacial score (nSPS) is 21.8. The molecule has 5 heteroatoms. The molecule has 3 rings (SSSR count). The van der Waals surface area contributed by atoms with Crippen molar-refractivity contribution in [3.8, 4) is 0 Å². The molecule has 2 atom stereocenters. The number of hydrogen-bond acceptors (Lipinski definition) is 3. The van der Waals surface area contributed by atoms with E-state index < -0.39 is 6.10 Å². The summed E-state index contributed by atoms with van der Waals surface area (Å²) >= 11 is 0. The number of carbonyl (C=O) groups is 1. The van der Waals surface area contributed by atoms with Gasteiger partial charge in [0.2, 0.25) is 5.91 Å². The van der Waals surface area contributed by atoms with E-state index in [4.69, 9.17) is 0 Å². The Balaban J connectivity index is 1.73. The predicted molar refractivity (Wildman–Crippen MR) is 83.1 cm³/mol. The number of imidazole rings is 1. The molecule has 1 aliphatic rings. The standard InChI is InChI=1S/C17H21N3O2/c21-16-7-4-9-20(17(22)12-19-10-8-18-13-19)15(16)11-14-5-2-1-3-6-14/h1-3,5-6,8,10,13,15-16,21H,4,7,9,11-12H2/t15-,16-/m0/s1. The van der Waals surface area contributed by atoms with Gasteiger partial charge in [-0.25, -0.2) is 4.98 Å². The van der Waals surface area contributed by atoms with Crippen molar-refractivity contribution in [3.63, 3.8) is 0 Å². The fourth-order valence-electron chi connectivity index (χ4n) is 3.08. The summed E-state index contributed by atoms with van der Waals surface area (Å²) in [6.45, 7) is 0.986. The number of piperidine rings is 1. The number of aliphatic hydroxyl groups is 1. The Labute approximate surface area is 130 Å². The summed E-state index contributed by atoms with van der Waals surface area (Å²) in [5.41, 5.74) is 1.15. The van der Waals surface area contributed by atoms with Gasteiger partial charge < -0.3 is 14.6 Å². The van der Waals surface area contributed by atoms with Crippen LogP contribution >= 0.6 is 0 Å². The Kier molecular flexibility index (Phi) is 4.53. The van der Waals surface area contributed by atoms with E-state index >= 15 is 0 Å². The van der Waals surface area contributed by atoms with Gasteiger partial charge in [0.25, 0.3) is 0 Å². The fraction of sp³-hybridized carbons (Fsp3) is 0.412. The Hall–Kier alpha value is -2.14. The first-order valence-corrected chi connectivity index (χ1v) is 7.71. The van der Waals surface area contributed by atoms with Crippen LogP contribution in [0.2, 0.25) is 0 Å². The minimum Gasteiger partial charge on any atom is -0.391 e. The topological polar surface area (TPSA) is 58.4 Å². The van der Waals surface area contributed by atoms with Crippen LogP contribution in [0.3, 0.4) is 0 Å². The van der Waals surface area contributed by atoms with Gasteiger partial charge >= 0.3 is 0 Å². The van der Waals surface area contributed by atoms with Crippen LogP contribution in [0.4, 0.5) is 0 Å². The summed E-state index contributed by atoms with van der Waals surface area (Å²) in [6.07, 6.45) is 6.93. The molecule has 1 aliphatic heterocycles. The van der Waals surface area contributed by atoms with Crippen molar-refractivity contribution in [1.82, 2.24) is 14.5 Å². The van der Waals surface area contributed by atoms with Gasteiger partial charge in [0.15, 0.2) is 0 Å². The molecule has 0 aliphatic carbocycles. The number of aromatic nitrogens is 2. The maximum Gasteiger partial charge on any atom is 0.242 e. The number of amides is 1. The van der Waals surface area contributed by atoms with E-state index in [1.165, 1.54) is 0 Å². The third-order valence-electron chi connectivity index (χ3n) is 4.23. The molecular weight excluding hydrogens is 278 g/mol. The van der Waals surface area contributed by atoms with Gasteiger partial charge in [-0.2, -0.15) is 0 Å². The predicted octanol–water partition coefficient (Wildman–Crippen LogP) is 1.48. The summed E-state index contributed by atoms with van der Waals surface area (Å²) < 4.78 is 1.77. The summed E-state index contributed by atoms with van der Waals surface area (Å²) in [4.78, 5) is 18.4. The Morgan fingerprint density at radius 3 is 2.86 bits per heavy atom. The van der Waals surface area contributed by atoms with Crippen LogP contribution in [0.5, 0.6) is 0 Å². The first-order chi connectivity index (χ1) is 10.7. The zero-order chi connectivity index (χ0) is 15.4. The SMILES string of the molecule is O=C(Cn1ccnc1)N1CCC[C@H](O)[C@@H]1Cc1ccccc1. The molecule has 116 valence electrons. The Morgan fingerprint density at radius 2 is 2.14 bits per heavy atom. The maximum atomic E-state index is 12.6. The number of nitrogens with zero attached hydrogens (tertiary/aromatic N) is 3. The average molecular weight is 299 g/mol. The Morgan fingerprint density at radius 1 is 1.32 bits per heavy atom. The van der Waals surface area contributed by atoms with E-state index in [0.29, 0.717) is 13.0 Å². The fourth-order valence-corrected chi connectivity index (χ4v) is 3.08. The first kappa shape index (κ1) is 14.8. The van der Waals surface area contributed by atoms with Crippen molar-refractivity contribution in [2.75, 3.05) is 6.54 Å². The molecule has 1 amide bonds. The molecule has 0 radical (unpaired) electrons. The monoisotopic (exact) mass is 299 g/mol. The molecule has 1 N–H and O–H groups in total. The molecule has 1 saturated heterocycles. The lowest BCUT2D eigenvalue weighted by Gasteiger charge is -2.39. The zero-order valence-electron chi connectivity index (χ0n) is 12.5. The number of likely N-dealkylation sites (tertiary alicyclic amines) is 1. The molecule has 22 heavy (non-hydrogen) atoms. The van der Waals surface area contributed by atoms with Gasteiger partial charge in [0.05, 0.1) is 18.5 Å². The van der Waals surface area contributed by atoms with Crippen molar-refractivity contribution in [2.45, 2.75) is 38.0 Å². The number of rotatable bonds is 4.